The Kier molecular flexibility index (Phi) is 3.67. The van der Waals surface area contributed by atoms with Gasteiger partial charge in [-0.25, -0.2) is 0 Å². The summed E-state index contributed by atoms with van der Waals surface area (Å²) in [5.41, 5.74) is 7.86. The van der Waals surface area contributed by atoms with Crippen LogP contribution in [0.15, 0.2) is 34.8 Å². The number of hydrogen-bond donors (Lipinski definition) is 1. The smallest absolute Gasteiger partial charge is 0.248 e. The zero-order valence-corrected chi connectivity index (χ0v) is 13.5. The van der Waals surface area contributed by atoms with Crippen molar-refractivity contribution in [3.63, 3.8) is 0 Å². The highest BCUT2D eigenvalue weighted by Gasteiger charge is 2.36. The number of halogens is 1. The third-order valence-electron chi connectivity index (χ3n) is 3.54. The first-order valence-corrected chi connectivity index (χ1v) is 8.15. The average molecular weight is 351 g/mol. The second kappa shape index (κ2) is 5.31. The number of nitrogens with two attached hydrogens (primary N) is 1. The minimum atomic E-state index is -0.564. The van der Waals surface area contributed by atoms with E-state index in [0.717, 1.165) is 22.1 Å². The van der Waals surface area contributed by atoms with Crippen molar-refractivity contribution in [2.75, 3.05) is 4.90 Å². The molecule has 0 bridgehead atoms. The average Bonchev–Trinajstić information content (AvgIpc) is 2.99. The van der Waals surface area contributed by atoms with Crippen LogP contribution in [0.25, 0.3) is 0 Å². The fourth-order valence-corrected chi connectivity index (χ4v) is 4.04. The largest absolute Gasteiger partial charge is 0.316 e. The quantitative estimate of drug-likeness (QED) is 0.918. The number of carbonyl (C=O) groups excluding carboxylic acids is 1. The van der Waals surface area contributed by atoms with Crippen LogP contribution in [0.1, 0.15) is 28.3 Å². The fourth-order valence-electron chi connectivity index (χ4n) is 2.50. The van der Waals surface area contributed by atoms with Gasteiger partial charge in [0.1, 0.15) is 6.04 Å². The number of fused-ring (bicyclic) bond motifs is 1. The highest BCUT2D eigenvalue weighted by Crippen LogP contribution is 2.40. The lowest BCUT2D eigenvalue weighted by atomic mass is 10.1. The number of thiophene rings is 1. The summed E-state index contributed by atoms with van der Waals surface area (Å²) in [6.45, 7) is 2.74. The molecule has 3 nitrogen and oxygen atoms in total. The molecule has 5 heteroatoms. The van der Waals surface area contributed by atoms with Gasteiger partial charge in [0.2, 0.25) is 5.91 Å². The van der Waals surface area contributed by atoms with Crippen molar-refractivity contribution >= 4 is 38.9 Å². The van der Waals surface area contributed by atoms with Crippen LogP contribution in [-0.2, 0) is 17.8 Å². The van der Waals surface area contributed by atoms with E-state index in [4.69, 9.17) is 5.73 Å². The number of aryl methyl sites for hydroxylation is 1. The first-order chi connectivity index (χ1) is 9.61. The summed E-state index contributed by atoms with van der Waals surface area (Å²) in [6, 6.07) is 9.48. The second-order valence-electron chi connectivity index (χ2n) is 4.80. The van der Waals surface area contributed by atoms with Gasteiger partial charge in [-0.2, -0.15) is 0 Å². The van der Waals surface area contributed by atoms with Crippen LogP contribution in [0.2, 0.25) is 0 Å². The van der Waals surface area contributed by atoms with E-state index in [-0.39, 0.29) is 5.91 Å². The molecule has 0 saturated heterocycles. The number of amides is 1. The van der Waals surface area contributed by atoms with Crippen molar-refractivity contribution in [3.05, 3.63) is 50.1 Å². The summed E-state index contributed by atoms with van der Waals surface area (Å²) in [7, 11) is 0. The molecule has 0 aliphatic carbocycles. The van der Waals surface area contributed by atoms with Crippen molar-refractivity contribution in [2.24, 2.45) is 5.73 Å². The molecule has 2 heterocycles. The Balaban J connectivity index is 1.95. The molecule has 2 N–H and O–H groups in total. The number of nitrogens with zero attached hydrogens (tertiary/aromatic N) is 1. The van der Waals surface area contributed by atoms with Crippen LogP contribution in [0.5, 0.6) is 0 Å². The van der Waals surface area contributed by atoms with E-state index in [9.17, 15) is 4.79 Å². The van der Waals surface area contributed by atoms with E-state index >= 15 is 0 Å². The molecule has 1 unspecified atom stereocenters. The summed E-state index contributed by atoms with van der Waals surface area (Å²) in [5, 5.41) is 0. The van der Waals surface area contributed by atoms with E-state index in [2.05, 4.69) is 35.0 Å². The van der Waals surface area contributed by atoms with Gasteiger partial charge in [0.05, 0.1) is 12.2 Å². The van der Waals surface area contributed by atoms with Crippen LogP contribution in [0.3, 0.4) is 0 Å². The summed E-state index contributed by atoms with van der Waals surface area (Å²) in [4.78, 5) is 16.7. The standard InChI is InChI=1S/C15H15BrN2OS/c1-2-9-6-7-10(20-9)8-18-12-5-3-4-11(16)13(12)14(17)15(18)19/h3-7,14H,2,8,17H2,1H3. The van der Waals surface area contributed by atoms with Crippen LogP contribution in [0, 0.1) is 0 Å². The SMILES string of the molecule is CCc1ccc(CN2C(=O)C(N)c3c(Br)cccc32)s1. The van der Waals surface area contributed by atoms with Gasteiger partial charge in [-0.05, 0) is 30.7 Å². The van der Waals surface area contributed by atoms with Crippen LogP contribution < -0.4 is 10.6 Å². The number of anilines is 1. The van der Waals surface area contributed by atoms with Crippen LogP contribution in [-0.4, -0.2) is 5.91 Å². The molecule has 1 aliphatic heterocycles. The van der Waals surface area contributed by atoms with Gasteiger partial charge in [-0.3, -0.25) is 4.79 Å². The van der Waals surface area contributed by atoms with Gasteiger partial charge in [-0.1, -0.05) is 28.9 Å². The van der Waals surface area contributed by atoms with Gasteiger partial charge in [0.25, 0.3) is 0 Å². The van der Waals surface area contributed by atoms with Gasteiger partial charge in [-0.15, -0.1) is 11.3 Å². The Morgan fingerprint density at radius 2 is 2.05 bits per heavy atom. The predicted octanol–water partition coefficient (Wildman–Crippen LogP) is 3.62. The normalized spacial score (nSPS) is 17.6. The monoisotopic (exact) mass is 350 g/mol. The number of benzene rings is 1. The van der Waals surface area contributed by atoms with Crippen molar-refractivity contribution in [1.82, 2.24) is 0 Å². The molecule has 2 aromatic rings. The van der Waals surface area contributed by atoms with Gasteiger partial charge in [0, 0.05) is 19.8 Å². The van der Waals surface area contributed by atoms with Crippen molar-refractivity contribution in [1.29, 1.82) is 0 Å². The van der Waals surface area contributed by atoms with Crippen molar-refractivity contribution in [2.45, 2.75) is 25.9 Å². The molecular formula is C15H15BrN2OS. The molecule has 1 aromatic heterocycles. The van der Waals surface area contributed by atoms with Gasteiger partial charge < -0.3 is 10.6 Å². The van der Waals surface area contributed by atoms with E-state index in [1.807, 2.05) is 18.2 Å². The van der Waals surface area contributed by atoms with Crippen LogP contribution in [0.4, 0.5) is 5.69 Å². The zero-order valence-electron chi connectivity index (χ0n) is 11.1. The predicted molar refractivity (Wildman–Crippen MR) is 86.0 cm³/mol. The third kappa shape index (κ3) is 2.20. The minimum absolute atomic E-state index is 0.0293. The maximum absolute atomic E-state index is 12.4. The maximum atomic E-state index is 12.4. The van der Waals surface area contributed by atoms with Crippen LogP contribution >= 0.6 is 27.3 Å². The molecule has 1 aromatic carbocycles. The lowest BCUT2D eigenvalue weighted by molar-refractivity contribution is -0.119. The first kappa shape index (κ1) is 13.8. The van der Waals surface area contributed by atoms with E-state index in [0.29, 0.717) is 6.54 Å². The minimum Gasteiger partial charge on any atom is -0.316 e. The number of carbonyl (C=O) groups is 1. The Morgan fingerprint density at radius 3 is 2.75 bits per heavy atom. The molecule has 1 atom stereocenters. The molecule has 3 rings (SSSR count). The van der Waals surface area contributed by atoms with E-state index in [1.165, 1.54) is 9.75 Å². The molecule has 20 heavy (non-hydrogen) atoms. The lowest BCUT2D eigenvalue weighted by Gasteiger charge is -2.16. The van der Waals surface area contributed by atoms with Gasteiger partial charge in [0.15, 0.2) is 0 Å². The molecule has 104 valence electrons. The molecule has 1 aliphatic rings. The molecule has 0 fully saturated rings. The molecule has 0 radical (unpaired) electrons. The number of hydrogen-bond acceptors (Lipinski definition) is 3. The summed E-state index contributed by atoms with van der Waals surface area (Å²) in [5.74, 6) is -0.0293. The zero-order chi connectivity index (χ0) is 14.3. The molecule has 1 amide bonds. The molecule has 0 saturated carbocycles. The Bertz CT molecular complexity index is 668. The lowest BCUT2D eigenvalue weighted by Crippen LogP contribution is -2.30. The Morgan fingerprint density at radius 1 is 1.30 bits per heavy atom. The summed E-state index contributed by atoms with van der Waals surface area (Å²) >= 11 is 5.24. The third-order valence-corrected chi connectivity index (χ3v) is 5.45. The summed E-state index contributed by atoms with van der Waals surface area (Å²) < 4.78 is 0.902. The topological polar surface area (TPSA) is 46.3 Å². The summed E-state index contributed by atoms with van der Waals surface area (Å²) in [6.07, 6.45) is 1.03. The fraction of sp³-hybridized carbons (Fsp3) is 0.267. The van der Waals surface area contributed by atoms with E-state index < -0.39 is 6.04 Å². The first-order valence-electron chi connectivity index (χ1n) is 6.54. The highest BCUT2D eigenvalue weighted by molar-refractivity contribution is 9.10. The van der Waals surface area contributed by atoms with Gasteiger partial charge >= 0.3 is 0 Å². The maximum Gasteiger partial charge on any atom is 0.248 e. The Hall–Kier alpha value is -1.17. The Labute approximate surface area is 130 Å². The molecular weight excluding hydrogens is 336 g/mol. The highest BCUT2D eigenvalue weighted by atomic mass is 79.9. The van der Waals surface area contributed by atoms with Crippen molar-refractivity contribution in [3.8, 4) is 0 Å². The second-order valence-corrected chi connectivity index (χ2v) is 6.90. The van der Waals surface area contributed by atoms with E-state index in [1.54, 1.807) is 16.2 Å². The van der Waals surface area contributed by atoms with Crippen molar-refractivity contribution < 1.29 is 4.79 Å². The molecule has 0 spiro atoms. The number of rotatable bonds is 3.